The van der Waals surface area contributed by atoms with E-state index in [1.165, 1.54) is 0 Å². The number of carbonyl (C=O) groups is 2. The van der Waals surface area contributed by atoms with Crippen molar-refractivity contribution in [2.45, 2.75) is 6.42 Å². The quantitative estimate of drug-likeness (QED) is 0.693. The average Bonchev–Trinajstić information content (AvgIpc) is 3.00. The Balaban J connectivity index is 1.71. The number of nitrogens with one attached hydrogen (secondary N) is 3. The first-order valence-electron chi connectivity index (χ1n) is 7.34. The van der Waals surface area contributed by atoms with Gasteiger partial charge in [0.05, 0.1) is 6.42 Å². The molecule has 2 amide bonds. The Labute approximate surface area is 133 Å². The van der Waals surface area contributed by atoms with Crippen LogP contribution >= 0.6 is 0 Å². The van der Waals surface area contributed by atoms with Crippen LogP contribution < -0.4 is 10.6 Å². The number of aromatic nitrogens is 1. The SMILES string of the molecule is CNC(=O)Cc1ccc(NC(=O)c2cc3ccccc3[nH]2)cc1. The molecule has 23 heavy (non-hydrogen) atoms. The molecule has 0 aliphatic rings. The van der Waals surface area contributed by atoms with Gasteiger partial charge in [0.1, 0.15) is 5.69 Å². The number of H-pyrrole nitrogens is 1. The molecule has 0 spiro atoms. The summed E-state index contributed by atoms with van der Waals surface area (Å²) in [6.07, 6.45) is 0.326. The van der Waals surface area contributed by atoms with Gasteiger partial charge in [0.15, 0.2) is 0 Å². The van der Waals surface area contributed by atoms with Crippen molar-refractivity contribution in [1.82, 2.24) is 10.3 Å². The monoisotopic (exact) mass is 307 g/mol. The number of anilines is 1. The third-order valence-electron chi connectivity index (χ3n) is 3.63. The maximum atomic E-state index is 12.3. The summed E-state index contributed by atoms with van der Waals surface area (Å²) in [5, 5.41) is 6.42. The molecule has 3 N–H and O–H groups in total. The van der Waals surface area contributed by atoms with Crippen LogP contribution in [0.25, 0.3) is 10.9 Å². The second-order valence-electron chi connectivity index (χ2n) is 5.27. The number of amides is 2. The van der Waals surface area contributed by atoms with Crippen molar-refractivity contribution in [3.8, 4) is 0 Å². The Kier molecular flexibility index (Phi) is 4.10. The van der Waals surface area contributed by atoms with E-state index in [0.717, 1.165) is 16.5 Å². The molecule has 1 aromatic heterocycles. The van der Waals surface area contributed by atoms with Crippen LogP contribution in [0.5, 0.6) is 0 Å². The topological polar surface area (TPSA) is 74.0 Å². The van der Waals surface area contributed by atoms with Gasteiger partial charge in [-0.05, 0) is 29.8 Å². The molecule has 0 aliphatic carbocycles. The maximum absolute atomic E-state index is 12.3. The lowest BCUT2D eigenvalue weighted by atomic mass is 10.1. The number of hydrogen-bond donors (Lipinski definition) is 3. The van der Waals surface area contributed by atoms with Crippen LogP contribution in [0, 0.1) is 0 Å². The summed E-state index contributed by atoms with van der Waals surface area (Å²) in [6.45, 7) is 0. The molecule has 0 saturated heterocycles. The summed E-state index contributed by atoms with van der Waals surface area (Å²) in [6, 6.07) is 16.8. The Bertz CT molecular complexity index is 817. The Morgan fingerprint density at radius 1 is 1.04 bits per heavy atom. The first-order chi connectivity index (χ1) is 11.2. The number of fused-ring (bicyclic) bond motifs is 1. The van der Waals surface area contributed by atoms with Crippen molar-refractivity contribution >= 4 is 28.4 Å². The van der Waals surface area contributed by atoms with E-state index < -0.39 is 0 Å². The Morgan fingerprint density at radius 3 is 2.48 bits per heavy atom. The second kappa shape index (κ2) is 6.36. The molecule has 0 fully saturated rings. The van der Waals surface area contributed by atoms with E-state index in [2.05, 4.69) is 15.6 Å². The van der Waals surface area contributed by atoms with Gasteiger partial charge in [-0.3, -0.25) is 9.59 Å². The third-order valence-corrected chi connectivity index (χ3v) is 3.63. The van der Waals surface area contributed by atoms with E-state index in [0.29, 0.717) is 17.8 Å². The van der Waals surface area contributed by atoms with Crippen LogP contribution in [0.15, 0.2) is 54.6 Å². The molecule has 1 heterocycles. The zero-order chi connectivity index (χ0) is 16.2. The lowest BCUT2D eigenvalue weighted by molar-refractivity contribution is -0.119. The van der Waals surface area contributed by atoms with Gasteiger partial charge in [0.25, 0.3) is 5.91 Å². The highest BCUT2D eigenvalue weighted by molar-refractivity contribution is 6.05. The van der Waals surface area contributed by atoms with Crippen molar-refractivity contribution in [2.24, 2.45) is 0 Å². The van der Waals surface area contributed by atoms with Crippen LogP contribution in [0.2, 0.25) is 0 Å². The van der Waals surface area contributed by atoms with Crippen molar-refractivity contribution < 1.29 is 9.59 Å². The fraction of sp³-hybridized carbons (Fsp3) is 0.111. The fourth-order valence-electron chi connectivity index (χ4n) is 2.37. The van der Waals surface area contributed by atoms with Gasteiger partial charge < -0.3 is 15.6 Å². The van der Waals surface area contributed by atoms with E-state index in [-0.39, 0.29) is 11.8 Å². The first kappa shape index (κ1) is 14.8. The average molecular weight is 307 g/mol. The highest BCUT2D eigenvalue weighted by atomic mass is 16.2. The normalized spacial score (nSPS) is 10.5. The lowest BCUT2D eigenvalue weighted by Gasteiger charge is -2.05. The summed E-state index contributed by atoms with van der Waals surface area (Å²) in [7, 11) is 1.61. The van der Waals surface area contributed by atoms with Crippen molar-refractivity contribution in [3.63, 3.8) is 0 Å². The van der Waals surface area contributed by atoms with Gasteiger partial charge >= 0.3 is 0 Å². The number of aromatic amines is 1. The van der Waals surface area contributed by atoms with Crippen LogP contribution in [0.4, 0.5) is 5.69 Å². The van der Waals surface area contributed by atoms with Gasteiger partial charge in [0, 0.05) is 23.6 Å². The largest absolute Gasteiger partial charge is 0.359 e. The molecule has 5 heteroatoms. The van der Waals surface area contributed by atoms with Gasteiger partial charge in [0.2, 0.25) is 5.91 Å². The number of hydrogen-bond acceptors (Lipinski definition) is 2. The third kappa shape index (κ3) is 3.40. The standard InChI is InChI=1S/C18H17N3O2/c1-19-17(22)10-12-6-8-14(9-7-12)20-18(23)16-11-13-4-2-3-5-15(13)21-16/h2-9,11,21H,10H2,1H3,(H,19,22)(H,20,23). The molecular formula is C18H17N3O2. The predicted molar refractivity (Wildman–Crippen MR) is 90.5 cm³/mol. The van der Waals surface area contributed by atoms with E-state index in [1.54, 1.807) is 19.2 Å². The predicted octanol–water partition coefficient (Wildman–Crippen LogP) is 2.71. The molecule has 5 nitrogen and oxygen atoms in total. The maximum Gasteiger partial charge on any atom is 0.272 e. The van der Waals surface area contributed by atoms with Crippen LogP contribution in [-0.2, 0) is 11.2 Å². The van der Waals surface area contributed by atoms with E-state index in [1.807, 2.05) is 42.5 Å². The van der Waals surface area contributed by atoms with E-state index in [9.17, 15) is 9.59 Å². The van der Waals surface area contributed by atoms with Crippen molar-refractivity contribution in [3.05, 3.63) is 65.9 Å². The minimum Gasteiger partial charge on any atom is -0.359 e. The lowest BCUT2D eigenvalue weighted by Crippen LogP contribution is -2.19. The summed E-state index contributed by atoms with van der Waals surface area (Å²) in [4.78, 5) is 26.7. The molecule has 3 rings (SSSR count). The molecule has 0 saturated carbocycles. The zero-order valence-electron chi connectivity index (χ0n) is 12.7. The Hall–Kier alpha value is -3.08. The van der Waals surface area contributed by atoms with Gasteiger partial charge in [-0.15, -0.1) is 0 Å². The van der Waals surface area contributed by atoms with Crippen LogP contribution in [0.3, 0.4) is 0 Å². The highest BCUT2D eigenvalue weighted by Crippen LogP contribution is 2.16. The summed E-state index contributed by atoms with van der Waals surface area (Å²) in [5.41, 5.74) is 3.03. The summed E-state index contributed by atoms with van der Waals surface area (Å²) >= 11 is 0. The van der Waals surface area contributed by atoms with Crippen LogP contribution in [-0.4, -0.2) is 23.8 Å². The highest BCUT2D eigenvalue weighted by Gasteiger charge is 2.09. The molecular weight excluding hydrogens is 290 g/mol. The van der Waals surface area contributed by atoms with Crippen LogP contribution in [0.1, 0.15) is 16.1 Å². The number of para-hydroxylation sites is 1. The molecule has 2 aromatic carbocycles. The molecule has 116 valence electrons. The van der Waals surface area contributed by atoms with E-state index >= 15 is 0 Å². The van der Waals surface area contributed by atoms with Gasteiger partial charge in [-0.25, -0.2) is 0 Å². The smallest absolute Gasteiger partial charge is 0.272 e. The minimum atomic E-state index is -0.194. The molecule has 3 aromatic rings. The Morgan fingerprint density at radius 2 is 1.78 bits per heavy atom. The first-order valence-corrected chi connectivity index (χ1v) is 7.34. The summed E-state index contributed by atoms with van der Waals surface area (Å²) in [5.74, 6) is -0.236. The fourth-order valence-corrected chi connectivity index (χ4v) is 2.37. The molecule has 0 bridgehead atoms. The summed E-state index contributed by atoms with van der Waals surface area (Å²) < 4.78 is 0. The van der Waals surface area contributed by atoms with Gasteiger partial charge in [-0.2, -0.15) is 0 Å². The number of carbonyl (C=O) groups excluding carboxylic acids is 2. The van der Waals surface area contributed by atoms with Crippen molar-refractivity contribution in [1.29, 1.82) is 0 Å². The second-order valence-corrected chi connectivity index (χ2v) is 5.27. The van der Waals surface area contributed by atoms with E-state index in [4.69, 9.17) is 0 Å². The molecule has 0 atom stereocenters. The number of rotatable bonds is 4. The molecule has 0 radical (unpaired) electrons. The molecule has 0 unspecified atom stereocenters. The number of benzene rings is 2. The number of likely N-dealkylation sites (N-methyl/N-ethyl adjacent to an activating group) is 1. The van der Waals surface area contributed by atoms with Gasteiger partial charge in [-0.1, -0.05) is 30.3 Å². The minimum absolute atomic E-state index is 0.0418. The van der Waals surface area contributed by atoms with Crippen molar-refractivity contribution in [2.75, 3.05) is 12.4 Å². The molecule has 0 aliphatic heterocycles. The zero-order valence-corrected chi connectivity index (χ0v) is 12.7.